The molecule has 1 saturated heterocycles. The molecule has 3 aliphatic rings. The third-order valence-electron chi connectivity index (χ3n) is 7.56. The third-order valence-corrected chi connectivity index (χ3v) is 7.56. The largest absolute Gasteiger partial charge is 0.480 e. The van der Waals surface area contributed by atoms with Crippen LogP contribution < -0.4 is 5.32 Å². The van der Waals surface area contributed by atoms with Crippen LogP contribution in [0.1, 0.15) is 43.2 Å². The molecule has 0 radical (unpaired) electrons. The third kappa shape index (κ3) is 4.38. The summed E-state index contributed by atoms with van der Waals surface area (Å²) < 4.78 is 11.0. The molecule has 35 heavy (non-hydrogen) atoms. The molecule has 2 N–H and O–H groups in total. The highest BCUT2D eigenvalue weighted by Gasteiger charge is 2.52. The van der Waals surface area contributed by atoms with E-state index in [1.807, 2.05) is 31.2 Å². The molecule has 1 saturated carbocycles. The Morgan fingerprint density at radius 2 is 1.63 bits per heavy atom. The number of likely N-dealkylation sites (tertiary alicyclic amines) is 1. The number of hydrogen-bond donors (Lipinski definition) is 2. The summed E-state index contributed by atoms with van der Waals surface area (Å²) in [5.74, 6) is -1.06. The van der Waals surface area contributed by atoms with Crippen molar-refractivity contribution in [2.24, 2.45) is 5.41 Å². The van der Waals surface area contributed by atoms with Crippen molar-refractivity contribution in [3.63, 3.8) is 0 Å². The highest BCUT2D eigenvalue weighted by Crippen LogP contribution is 2.45. The Labute approximate surface area is 204 Å². The van der Waals surface area contributed by atoms with Gasteiger partial charge in [-0.05, 0) is 42.0 Å². The topological polar surface area (TPSA) is 105 Å². The summed E-state index contributed by atoms with van der Waals surface area (Å²) in [5.41, 5.74) is 3.38. The molecule has 0 aromatic heterocycles. The predicted octanol–water partition coefficient (Wildman–Crippen LogP) is 3.40. The number of carbonyl (C=O) groups excluding carboxylic acids is 2. The maximum absolute atomic E-state index is 13.2. The van der Waals surface area contributed by atoms with Gasteiger partial charge in [0.15, 0.2) is 0 Å². The summed E-state index contributed by atoms with van der Waals surface area (Å²) in [6.45, 7) is 2.59. The van der Waals surface area contributed by atoms with Gasteiger partial charge in [-0.2, -0.15) is 0 Å². The molecule has 184 valence electrons. The van der Waals surface area contributed by atoms with Gasteiger partial charge in [-0.1, -0.05) is 55.0 Å². The number of carbonyl (C=O) groups is 3. The first kappa shape index (κ1) is 23.4. The van der Waals surface area contributed by atoms with Crippen LogP contribution >= 0.6 is 0 Å². The van der Waals surface area contributed by atoms with Crippen LogP contribution in [0.4, 0.5) is 4.79 Å². The Morgan fingerprint density at radius 3 is 2.17 bits per heavy atom. The number of rotatable bonds is 8. The van der Waals surface area contributed by atoms with Crippen molar-refractivity contribution >= 4 is 18.0 Å². The fourth-order valence-corrected chi connectivity index (χ4v) is 5.53. The molecule has 1 aliphatic heterocycles. The Hall–Kier alpha value is -3.39. The van der Waals surface area contributed by atoms with Crippen molar-refractivity contribution in [2.75, 3.05) is 32.8 Å². The smallest absolute Gasteiger partial charge is 0.407 e. The lowest BCUT2D eigenvalue weighted by molar-refractivity contribution is -0.182. The zero-order chi connectivity index (χ0) is 24.6. The van der Waals surface area contributed by atoms with Gasteiger partial charge < -0.3 is 24.8 Å². The molecule has 0 bridgehead atoms. The van der Waals surface area contributed by atoms with E-state index in [2.05, 4.69) is 29.6 Å². The first-order valence-electron chi connectivity index (χ1n) is 12.0. The van der Waals surface area contributed by atoms with E-state index >= 15 is 0 Å². The van der Waals surface area contributed by atoms with Crippen LogP contribution in [-0.2, 0) is 19.1 Å². The summed E-state index contributed by atoms with van der Waals surface area (Å²) >= 11 is 0. The molecule has 2 fully saturated rings. The van der Waals surface area contributed by atoms with Gasteiger partial charge >= 0.3 is 12.1 Å². The minimum absolute atomic E-state index is 0.0147. The molecule has 0 atom stereocenters. The van der Waals surface area contributed by atoms with Gasteiger partial charge in [-0.25, -0.2) is 9.59 Å². The van der Waals surface area contributed by atoms with Crippen molar-refractivity contribution in [2.45, 2.75) is 37.7 Å². The van der Waals surface area contributed by atoms with Gasteiger partial charge in [0, 0.05) is 12.5 Å². The van der Waals surface area contributed by atoms with Gasteiger partial charge in [-0.15, -0.1) is 0 Å². The fourth-order valence-electron chi connectivity index (χ4n) is 5.53. The molecule has 0 unspecified atom stereocenters. The molecular formula is C27H30N2O6. The lowest BCUT2D eigenvalue weighted by atomic mass is 9.67. The van der Waals surface area contributed by atoms with Crippen LogP contribution in [0, 0.1) is 5.41 Å². The lowest BCUT2D eigenvalue weighted by Crippen LogP contribution is -2.67. The summed E-state index contributed by atoms with van der Waals surface area (Å²) in [4.78, 5) is 38.2. The molecule has 0 spiro atoms. The van der Waals surface area contributed by atoms with Gasteiger partial charge in [-0.3, -0.25) is 4.79 Å². The van der Waals surface area contributed by atoms with Crippen LogP contribution in [0.25, 0.3) is 11.1 Å². The number of carboxylic acids is 1. The standard InChI is InChI=1S/C27H30N2O6/c1-26(35-14-23(30)31)16-29(17-26)24(32)27(11-6-12-27)15-28-25(33)34-13-22-20-9-4-2-7-18(20)19-8-3-5-10-21(19)22/h2-5,7-10,22H,6,11-17H2,1H3,(H,28,33)(H,30,31). The number of aliphatic carboxylic acids is 1. The van der Waals surface area contributed by atoms with Crippen LogP contribution in [0.3, 0.4) is 0 Å². The zero-order valence-corrected chi connectivity index (χ0v) is 19.8. The van der Waals surface area contributed by atoms with Gasteiger partial charge in [0.2, 0.25) is 5.91 Å². The highest BCUT2D eigenvalue weighted by molar-refractivity contribution is 5.85. The van der Waals surface area contributed by atoms with Crippen LogP contribution in [0.5, 0.6) is 0 Å². The Balaban J connectivity index is 1.15. The average Bonchev–Trinajstić information content (AvgIpc) is 3.12. The van der Waals surface area contributed by atoms with Crippen molar-refractivity contribution < 1.29 is 29.0 Å². The van der Waals surface area contributed by atoms with Gasteiger partial charge in [0.05, 0.1) is 18.5 Å². The second-order valence-corrected chi connectivity index (χ2v) is 10.1. The number of amides is 2. The van der Waals surface area contributed by atoms with Gasteiger partial charge in [0.1, 0.15) is 18.8 Å². The van der Waals surface area contributed by atoms with Gasteiger partial charge in [0.25, 0.3) is 0 Å². The van der Waals surface area contributed by atoms with Crippen molar-refractivity contribution in [1.29, 1.82) is 0 Å². The molecule has 2 aromatic rings. The summed E-state index contributed by atoms with van der Waals surface area (Å²) in [6.07, 6.45) is 1.82. The molecule has 1 heterocycles. The summed E-state index contributed by atoms with van der Waals surface area (Å²) in [7, 11) is 0. The number of nitrogens with one attached hydrogen (secondary N) is 1. The van der Waals surface area contributed by atoms with E-state index in [-0.39, 0.29) is 31.6 Å². The van der Waals surface area contributed by atoms with Crippen LogP contribution in [-0.4, -0.2) is 66.4 Å². The first-order valence-corrected chi connectivity index (χ1v) is 12.0. The Kier molecular flexibility index (Phi) is 6.01. The Bertz CT molecular complexity index is 1110. The Morgan fingerprint density at radius 1 is 1.03 bits per heavy atom. The van der Waals surface area contributed by atoms with E-state index in [1.54, 1.807) is 4.90 Å². The van der Waals surface area contributed by atoms with Crippen molar-refractivity contribution in [3.8, 4) is 11.1 Å². The number of carboxylic acid groups (broad SMARTS) is 1. The molecule has 5 rings (SSSR count). The maximum atomic E-state index is 13.2. The average molecular weight is 479 g/mol. The minimum atomic E-state index is -1.03. The van der Waals surface area contributed by atoms with Crippen LogP contribution in [0.2, 0.25) is 0 Å². The molecule has 8 nitrogen and oxygen atoms in total. The van der Waals surface area contributed by atoms with E-state index in [1.165, 1.54) is 11.1 Å². The molecule has 2 amide bonds. The predicted molar refractivity (Wildman–Crippen MR) is 128 cm³/mol. The number of nitrogens with zero attached hydrogens (tertiary/aromatic N) is 1. The molecular weight excluding hydrogens is 448 g/mol. The summed E-state index contributed by atoms with van der Waals surface area (Å²) in [5, 5.41) is 11.6. The monoisotopic (exact) mass is 478 g/mol. The second kappa shape index (κ2) is 9.00. The van der Waals surface area contributed by atoms with E-state index in [4.69, 9.17) is 14.6 Å². The number of benzene rings is 2. The molecule has 8 heteroatoms. The lowest BCUT2D eigenvalue weighted by Gasteiger charge is -2.52. The fraction of sp³-hybridized carbons (Fsp3) is 0.444. The minimum Gasteiger partial charge on any atom is -0.480 e. The number of ether oxygens (including phenoxy) is 2. The van der Waals surface area contributed by atoms with Crippen molar-refractivity contribution in [3.05, 3.63) is 59.7 Å². The van der Waals surface area contributed by atoms with Crippen LogP contribution in [0.15, 0.2) is 48.5 Å². The van der Waals surface area contributed by atoms with E-state index in [0.29, 0.717) is 25.9 Å². The number of hydrogen-bond acceptors (Lipinski definition) is 5. The SMILES string of the molecule is CC1(OCC(=O)O)CN(C(=O)C2(CNC(=O)OCC3c4ccccc4-c4ccccc43)CCC2)C1. The summed E-state index contributed by atoms with van der Waals surface area (Å²) in [6, 6.07) is 16.4. The zero-order valence-electron chi connectivity index (χ0n) is 19.8. The molecule has 2 aromatic carbocycles. The normalized spacial score (nSPS) is 19.1. The quantitative estimate of drug-likeness (QED) is 0.603. The molecule has 2 aliphatic carbocycles. The van der Waals surface area contributed by atoms with E-state index in [0.717, 1.165) is 17.5 Å². The maximum Gasteiger partial charge on any atom is 0.407 e. The first-order chi connectivity index (χ1) is 16.8. The second-order valence-electron chi connectivity index (χ2n) is 10.1. The van der Waals surface area contributed by atoms with E-state index < -0.39 is 23.1 Å². The van der Waals surface area contributed by atoms with E-state index in [9.17, 15) is 14.4 Å². The van der Waals surface area contributed by atoms with Crippen molar-refractivity contribution in [1.82, 2.24) is 10.2 Å². The highest BCUT2D eigenvalue weighted by atomic mass is 16.5. The number of alkyl carbamates (subject to hydrolysis) is 1. The number of fused-ring (bicyclic) bond motifs is 3.